The number of nitrogens with one attached hydrogen (secondary N) is 2. The van der Waals surface area contributed by atoms with Crippen molar-refractivity contribution >= 4 is 29.0 Å². The van der Waals surface area contributed by atoms with Crippen molar-refractivity contribution in [3.05, 3.63) is 38.9 Å². The van der Waals surface area contributed by atoms with Gasteiger partial charge in [-0.05, 0) is 69.6 Å². The first-order chi connectivity index (χ1) is 12.9. The van der Waals surface area contributed by atoms with E-state index < -0.39 is 0 Å². The van der Waals surface area contributed by atoms with E-state index in [4.69, 9.17) is 12.2 Å². The highest BCUT2D eigenvalue weighted by Crippen LogP contribution is 2.17. The van der Waals surface area contributed by atoms with Crippen molar-refractivity contribution < 1.29 is 4.79 Å². The van der Waals surface area contributed by atoms with Gasteiger partial charge in [0.2, 0.25) is 0 Å². The average molecular weight is 389 g/mol. The number of H-pyrrole nitrogens is 1. The molecule has 1 aromatic heterocycles. The number of aromatic amines is 1. The van der Waals surface area contributed by atoms with Gasteiger partial charge in [0.05, 0.1) is 10.9 Å². The topological polar surface area (TPSA) is 70.1 Å². The van der Waals surface area contributed by atoms with E-state index in [-0.39, 0.29) is 11.5 Å². The van der Waals surface area contributed by atoms with Crippen molar-refractivity contribution in [2.45, 2.75) is 46.2 Å². The molecule has 146 valence electrons. The molecule has 0 bridgehead atoms. The number of hydrogen-bond acceptors (Lipinski definition) is 4. The van der Waals surface area contributed by atoms with Crippen LogP contribution in [0.3, 0.4) is 0 Å². The molecule has 7 heteroatoms. The van der Waals surface area contributed by atoms with Crippen LogP contribution in [-0.2, 0) is 6.54 Å². The average Bonchev–Trinajstić information content (AvgIpc) is 2.65. The zero-order chi connectivity index (χ0) is 19.6. The fraction of sp³-hybridized carbons (Fsp3) is 0.550. The fourth-order valence-electron chi connectivity index (χ4n) is 3.78. The summed E-state index contributed by atoms with van der Waals surface area (Å²) < 4.78 is 1.89. The van der Waals surface area contributed by atoms with Crippen molar-refractivity contribution in [3.63, 3.8) is 0 Å². The zero-order valence-corrected chi connectivity index (χ0v) is 17.1. The molecule has 2 heterocycles. The summed E-state index contributed by atoms with van der Waals surface area (Å²) in [7, 11) is 0. The molecule has 2 unspecified atom stereocenters. The summed E-state index contributed by atoms with van der Waals surface area (Å²) in [6, 6.07) is 5.40. The lowest BCUT2D eigenvalue weighted by Crippen LogP contribution is -2.46. The van der Waals surface area contributed by atoms with Gasteiger partial charge in [-0.1, -0.05) is 6.92 Å². The third kappa shape index (κ3) is 4.30. The maximum absolute atomic E-state index is 12.6. The standard InChI is InChI=1S/C20H28N4O2S/c1-4-24-19(26)16-8-7-15(10-17(16)22-20(24)27)18(25)21-11-14(3)23-9-5-6-13(2)12-23/h7-8,10,13-14H,4-6,9,11-12H2,1-3H3,(H,21,25)(H,22,27). The second kappa shape index (κ2) is 8.35. The Morgan fingerprint density at radius 3 is 2.93 bits per heavy atom. The number of hydrogen-bond donors (Lipinski definition) is 2. The lowest BCUT2D eigenvalue weighted by atomic mass is 9.99. The normalized spacial score (nSPS) is 19.1. The van der Waals surface area contributed by atoms with Gasteiger partial charge in [0.1, 0.15) is 0 Å². The molecule has 1 fully saturated rings. The van der Waals surface area contributed by atoms with E-state index in [9.17, 15) is 9.59 Å². The number of fused-ring (bicyclic) bond motifs is 1. The number of carbonyl (C=O) groups excluding carboxylic acids is 1. The van der Waals surface area contributed by atoms with Crippen LogP contribution < -0.4 is 10.9 Å². The Morgan fingerprint density at radius 1 is 1.44 bits per heavy atom. The van der Waals surface area contributed by atoms with Crippen LogP contribution in [0.5, 0.6) is 0 Å². The molecule has 2 N–H and O–H groups in total. The van der Waals surface area contributed by atoms with E-state index in [0.29, 0.717) is 46.3 Å². The highest BCUT2D eigenvalue weighted by Gasteiger charge is 2.21. The Hall–Kier alpha value is -1.99. The molecule has 3 rings (SSSR count). The molecule has 0 aliphatic carbocycles. The number of aromatic nitrogens is 2. The van der Waals surface area contributed by atoms with Crippen LogP contribution in [0.4, 0.5) is 0 Å². The number of nitrogens with zero attached hydrogens (tertiary/aromatic N) is 2. The summed E-state index contributed by atoms with van der Waals surface area (Å²) in [4.78, 5) is 30.5. The smallest absolute Gasteiger partial charge is 0.262 e. The molecule has 1 amide bonds. The summed E-state index contributed by atoms with van der Waals surface area (Å²) in [5.74, 6) is 0.584. The highest BCUT2D eigenvalue weighted by atomic mass is 32.1. The molecule has 1 aromatic carbocycles. The molecule has 27 heavy (non-hydrogen) atoms. The minimum Gasteiger partial charge on any atom is -0.350 e. The van der Waals surface area contributed by atoms with Gasteiger partial charge in [0.15, 0.2) is 4.77 Å². The molecule has 0 saturated carbocycles. The van der Waals surface area contributed by atoms with Gasteiger partial charge in [-0.25, -0.2) is 0 Å². The fourth-order valence-corrected chi connectivity index (χ4v) is 4.10. The molecule has 0 radical (unpaired) electrons. The van der Waals surface area contributed by atoms with Crippen LogP contribution in [0, 0.1) is 10.7 Å². The van der Waals surface area contributed by atoms with Crippen LogP contribution in [0.25, 0.3) is 10.9 Å². The Balaban J connectivity index is 1.72. The van der Waals surface area contributed by atoms with Crippen molar-refractivity contribution in [1.29, 1.82) is 0 Å². The summed E-state index contributed by atoms with van der Waals surface area (Å²) in [6.07, 6.45) is 2.51. The second-order valence-electron chi connectivity index (χ2n) is 7.54. The Bertz CT molecular complexity index is 949. The molecule has 1 saturated heterocycles. The van der Waals surface area contributed by atoms with Crippen LogP contribution in [0.2, 0.25) is 0 Å². The molecule has 1 aliphatic heterocycles. The van der Waals surface area contributed by atoms with Crippen LogP contribution >= 0.6 is 12.2 Å². The van der Waals surface area contributed by atoms with Gasteiger partial charge in [0.25, 0.3) is 11.5 Å². The van der Waals surface area contributed by atoms with Gasteiger partial charge in [-0.2, -0.15) is 0 Å². The van der Waals surface area contributed by atoms with Gasteiger partial charge in [-0.15, -0.1) is 0 Å². The van der Waals surface area contributed by atoms with E-state index in [0.717, 1.165) is 13.1 Å². The first kappa shape index (κ1) is 19.8. The minimum absolute atomic E-state index is 0.129. The van der Waals surface area contributed by atoms with E-state index in [1.54, 1.807) is 18.2 Å². The number of benzene rings is 1. The quantitative estimate of drug-likeness (QED) is 0.773. The maximum atomic E-state index is 12.6. The Labute approximate surface area is 164 Å². The van der Waals surface area contributed by atoms with Gasteiger partial charge >= 0.3 is 0 Å². The molecule has 1 aliphatic rings. The lowest BCUT2D eigenvalue weighted by molar-refractivity contribution is 0.0917. The largest absolute Gasteiger partial charge is 0.350 e. The second-order valence-corrected chi connectivity index (χ2v) is 7.93. The lowest BCUT2D eigenvalue weighted by Gasteiger charge is -2.35. The van der Waals surface area contributed by atoms with E-state index in [1.807, 2.05) is 6.92 Å². The number of piperidine rings is 1. The van der Waals surface area contributed by atoms with Crippen LogP contribution in [0.15, 0.2) is 23.0 Å². The first-order valence-corrected chi connectivity index (χ1v) is 10.1. The van der Waals surface area contributed by atoms with Crippen LogP contribution in [-0.4, -0.2) is 46.0 Å². The predicted molar refractivity (Wildman–Crippen MR) is 111 cm³/mol. The number of likely N-dealkylation sites (tertiary alicyclic amines) is 1. The third-order valence-corrected chi connectivity index (χ3v) is 5.75. The zero-order valence-electron chi connectivity index (χ0n) is 16.2. The van der Waals surface area contributed by atoms with E-state index in [2.05, 4.69) is 29.0 Å². The molecule has 2 aromatic rings. The number of carbonyl (C=O) groups is 1. The highest BCUT2D eigenvalue weighted by molar-refractivity contribution is 7.71. The maximum Gasteiger partial charge on any atom is 0.262 e. The molecule has 0 spiro atoms. The third-order valence-electron chi connectivity index (χ3n) is 5.43. The summed E-state index contributed by atoms with van der Waals surface area (Å²) >= 11 is 5.24. The number of amides is 1. The molecular weight excluding hydrogens is 360 g/mol. The van der Waals surface area contributed by atoms with Crippen LogP contribution in [0.1, 0.15) is 44.0 Å². The number of rotatable bonds is 5. The Kier molecular flexibility index (Phi) is 6.11. The monoisotopic (exact) mass is 388 g/mol. The van der Waals surface area contributed by atoms with E-state index >= 15 is 0 Å². The van der Waals surface area contributed by atoms with Crippen molar-refractivity contribution in [3.8, 4) is 0 Å². The van der Waals surface area contributed by atoms with E-state index in [1.165, 1.54) is 17.4 Å². The minimum atomic E-state index is -0.132. The van der Waals surface area contributed by atoms with Gasteiger partial charge in [-0.3, -0.25) is 19.1 Å². The van der Waals surface area contributed by atoms with Crippen molar-refractivity contribution in [2.75, 3.05) is 19.6 Å². The van der Waals surface area contributed by atoms with Crippen molar-refractivity contribution in [2.24, 2.45) is 5.92 Å². The van der Waals surface area contributed by atoms with Gasteiger partial charge < -0.3 is 10.3 Å². The molecule has 6 nitrogen and oxygen atoms in total. The first-order valence-electron chi connectivity index (χ1n) is 9.69. The summed E-state index contributed by atoms with van der Waals surface area (Å²) in [5.41, 5.74) is 0.998. The summed E-state index contributed by atoms with van der Waals surface area (Å²) in [5, 5.41) is 3.56. The van der Waals surface area contributed by atoms with Gasteiger partial charge in [0, 0.05) is 31.2 Å². The molecular formula is C20H28N4O2S. The predicted octanol–water partition coefficient (Wildman–Crippen LogP) is 2.93. The Morgan fingerprint density at radius 2 is 2.22 bits per heavy atom. The molecule has 2 atom stereocenters. The summed E-state index contributed by atoms with van der Waals surface area (Å²) in [6.45, 7) is 9.62. The van der Waals surface area contributed by atoms with Crippen molar-refractivity contribution in [1.82, 2.24) is 19.8 Å². The SMILES string of the molecule is CCn1c(=S)[nH]c2cc(C(=O)NCC(C)N3CCCC(C)C3)ccc2c1=O.